The Kier molecular flexibility index (Phi) is 6.41. The van der Waals surface area contributed by atoms with Crippen molar-refractivity contribution in [2.45, 2.75) is 26.2 Å². The van der Waals surface area contributed by atoms with E-state index in [4.69, 9.17) is 9.15 Å². The third kappa shape index (κ3) is 4.45. The van der Waals surface area contributed by atoms with Crippen LogP contribution < -0.4 is 15.5 Å². The van der Waals surface area contributed by atoms with Crippen LogP contribution in [0.15, 0.2) is 62.5 Å². The van der Waals surface area contributed by atoms with E-state index in [9.17, 15) is 9.59 Å². The standard InChI is InChI=1S/C24H22BrN3O4/c1-14-21-19(27-28-23(29)17-9-3-4-10-18(17)25)11-6-12-20(21)32-22(14)24(30)26-15-7-5-8-16(13-15)31-2/h3-5,7-10,13H,6,11-12H2,1-2H3,(H,26,30)(H,28,29)/b27-19+. The molecule has 8 heteroatoms. The van der Waals surface area contributed by atoms with Gasteiger partial charge in [0.15, 0.2) is 5.76 Å². The van der Waals surface area contributed by atoms with E-state index in [2.05, 4.69) is 31.8 Å². The molecule has 3 aromatic rings. The number of nitrogens with one attached hydrogen (secondary N) is 2. The van der Waals surface area contributed by atoms with Gasteiger partial charge in [-0.1, -0.05) is 18.2 Å². The maximum Gasteiger partial charge on any atom is 0.291 e. The van der Waals surface area contributed by atoms with E-state index in [1.165, 1.54) is 0 Å². The van der Waals surface area contributed by atoms with Crippen LogP contribution in [-0.2, 0) is 6.42 Å². The van der Waals surface area contributed by atoms with Gasteiger partial charge in [-0.3, -0.25) is 9.59 Å². The van der Waals surface area contributed by atoms with Crippen molar-refractivity contribution >= 4 is 39.1 Å². The van der Waals surface area contributed by atoms with E-state index < -0.39 is 0 Å². The molecule has 0 saturated heterocycles. The second-order valence-corrected chi connectivity index (χ2v) is 8.23. The largest absolute Gasteiger partial charge is 0.497 e. The first-order valence-electron chi connectivity index (χ1n) is 10.2. The molecule has 164 valence electrons. The van der Waals surface area contributed by atoms with Gasteiger partial charge in [0, 0.05) is 33.8 Å². The Morgan fingerprint density at radius 3 is 2.69 bits per heavy atom. The van der Waals surface area contributed by atoms with Crippen molar-refractivity contribution < 1.29 is 18.7 Å². The minimum atomic E-state index is -0.346. The summed E-state index contributed by atoms with van der Waals surface area (Å²) >= 11 is 3.38. The van der Waals surface area contributed by atoms with E-state index in [-0.39, 0.29) is 17.6 Å². The molecule has 0 saturated carbocycles. The van der Waals surface area contributed by atoms with Gasteiger partial charge >= 0.3 is 0 Å². The molecule has 7 nitrogen and oxygen atoms in total. The van der Waals surface area contributed by atoms with Crippen molar-refractivity contribution in [3.63, 3.8) is 0 Å². The highest BCUT2D eigenvalue weighted by atomic mass is 79.9. The van der Waals surface area contributed by atoms with Gasteiger partial charge in [-0.25, -0.2) is 5.43 Å². The van der Waals surface area contributed by atoms with Crippen molar-refractivity contribution in [3.8, 4) is 5.75 Å². The van der Waals surface area contributed by atoms with Crippen LogP contribution >= 0.6 is 15.9 Å². The molecular formula is C24H22BrN3O4. The minimum Gasteiger partial charge on any atom is -0.497 e. The molecule has 32 heavy (non-hydrogen) atoms. The van der Waals surface area contributed by atoms with Crippen molar-refractivity contribution in [3.05, 3.63) is 81.2 Å². The summed E-state index contributed by atoms with van der Waals surface area (Å²) in [5, 5.41) is 7.22. The van der Waals surface area contributed by atoms with Gasteiger partial charge in [-0.15, -0.1) is 0 Å². The third-order valence-electron chi connectivity index (χ3n) is 5.27. The molecule has 4 rings (SSSR count). The number of carbonyl (C=O) groups excluding carboxylic acids is 2. The predicted molar refractivity (Wildman–Crippen MR) is 125 cm³/mol. The molecule has 0 radical (unpaired) electrons. The van der Waals surface area contributed by atoms with Crippen LogP contribution in [0.1, 0.15) is 50.6 Å². The lowest BCUT2D eigenvalue weighted by Crippen LogP contribution is -2.22. The fourth-order valence-corrected chi connectivity index (χ4v) is 4.17. The molecule has 0 bridgehead atoms. The maximum atomic E-state index is 12.9. The number of carbonyl (C=O) groups is 2. The van der Waals surface area contributed by atoms with Crippen molar-refractivity contribution in [1.29, 1.82) is 0 Å². The van der Waals surface area contributed by atoms with Crippen LogP contribution in [0.2, 0.25) is 0 Å². The van der Waals surface area contributed by atoms with Crippen molar-refractivity contribution in [2.24, 2.45) is 5.10 Å². The van der Waals surface area contributed by atoms with Gasteiger partial charge < -0.3 is 14.5 Å². The molecule has 0 spiro atoms. The molecule has 1 heterocycles. The Labute approximate surface area is 194 Å². The molecule has 0 aliphatic heterocycles. The number of amides is 2. The zero-order valence-corrected chi connectivity index (χ0v) is 19.3. The Balaban J connectivity index is 1.57. The lowest BCUT2D eigenvalue weighted by Gasteiger charge is -2.13. The van der Waals surface area contributed by atoms with Gasteiger partial charge in [-0.05, 0) is 60.0 Å². The second-order valence-electron chi connectivity index (χ2n) is 7.37. The van der Waals surface area contributed by atoms with Crippen LogP contribution in [0.25, 0.3) is 0 Å². The number of furan rings is 1. The summed E-state index contributed by atoms with van der Waals surface area (Å²) in [7, 11) is 1.57. The van der Waals surface area contributed by atoms with E-state index >= 15 is 0 Å². The van der Waals surface area contributed by atoms with Gasteiger partial charge in [0.1, 0.15) is 11.5 Å². The number of fused-ring (bicyclic) bond motifs is 1. The first-order chi connectivity index (χ1) is 15.5. The molecule has 2 amide bonds. The lowest BCUT2D eigenvalue weighted by atomic mass is 9.93. The monoisotopic (exact) mass is 495 g/mol. The second kappa shape index (κ2) is 9.40. The number of aryl methyl sites for hydroxylation is 1. The van der Waals surface area contributed by atoms with E-state index in [1.54, 1.807) is 49.6 Å². The summed E-state index contributed by atoms with van der Waals surface area (Å²) < 4.78 is 11.8. The zero-order valence-electron chi connectivity index (χ0n) is 17.7. The smallest absolute Gasteiger partial charge is 0.291 e. The molecule has 2 aromatic carbocycles. The predicted octanol–water partition coefficient (Wildman–Crippen LogP) is 5.08. The summed E-state index contributed by atoms with van der Waals surface area (Å²) in [6, 6.07) is 14.3. The molecule has 0 unspecified atom stereocenters. The normalized spacial score (nSPS) is 14.0. The highest BCUT2D eigenvalue weighted by Crippen LogP contribution is 2.30. The number of methoxy groups -OCH3 is 1. The van der Waals surface area contributed by atoms with E-state index in [1.807, 2.05) is 13.0 Å². The van der Waals surface area contributed by atoms with Gasteiger partial charge in [0.25, 0.3) is 11.8 Å². The average Bonchev–Trinajstić information content (AvgIpc) is 3.15. The summed E-state index contributed by atoms with van der Waals surface area (Å²) in [5.74, 6) is 0.937. The number of hydrogen-bond acceptors (Lipinski definition) is 5. The number of halogens is 1. The molecule has 1 aliphatic rings. The number of hydrazone groups is 1. The number of nitrogens with zero attached hydrogens (tertiary/aromatic N) is 1. The van der Waals surface area contributed by atoms with E-state index in [0.717, 1.165) is 12.0 Å². The van der Waals surface area contributed by atoms with Crippen LogP contribution in [0, 0.1) is 6.92 Å². The Morgan fingerprint density at radius 2 is 1.91 bits per heavy atom. The summed E-state index contributed by atoms with van der Waals surface area (Å²) in [6.07, 6.45) is 2.21. The number of rotatable bonds is 5. The van der Waals surface area contributed by atoms with Gasteiger partial charge in [0.2, 0.25) is 0 Å². The number of hydrogen-bond donors (Lipinski definition) is 2. The number of ether oxygens (including phenoxy) is 1. The first kappa shape index (κ1) is 21.8. The number of anilines is 1. The van der Waals surface area contributed by atoms with Crippen LogP contribution in [0.3, 0.4) is 0 Å². The summed E-state index contributed by atoms with van der Waals surface area (Å²) in [5.41, 5.74) is 5.93. The lowest BCUT2D eigenvalue weighted by molar-refractivity contribution is 0.0952. The molecule has 1 aromatic heterocycles. The van der Waals surface area contributed by atoms with Gasteiger partial charge in [-0.2, -0.15) is 5.10 Å². The molecule has 2 N–H and O–H groups in total. The highest BCUT2D eigenvalue weighted by Gasteiger charge is 2.28. The number of benzene rings is 2. The molecular weight excluding hydrogens is 474 g/mol. The van der Waals surface area contributed by atoms with E-state index in [0.29, 0.717) is 51.4 Å². The molecule has 0 atom stereocenters. The Morgan fingerprint density at radius 1 is 1.09 bits per heavy atom. The zero-order chi connectivity index (χ0) is 22.7. The van der Waals surface area contributed by atoms with Crippen molar-refractivity contribution in [1.82, 2.24) is 5.43 Å². The first-order valence-corrected chi connectivity index (χ1v) is 11.0. The Hall–Kier alpha value is -3.39. The fourth-order valence-electron chi connectivity index (χ4n) is 3.71. The SMILES string of the molecule is COc1cccc(NC(=O)c2oc3c(c2C)/C(=N/NC(=O)c2ccccc2Br)CCC3)c1. The highest BCUT2D eigenvalue weighted by molar-refractivity contribution is 9.10. The summed E-state index contributed by atoms with van der Waals surface area (Å²) in [4.78, 5) is 25.4. The van der Waals surface area contributed by atoms with Crippen LogP contribution in [0.4, 0.5) is 5.69 Å². The maximum absolute atomic E-state index is 12.9. The third-order valence-corrected chi connectivity index (χ3v) is 5.96. The molecule has 1 aliphatic carbocycles. The average molecular weight is 496 g/mol. The van der Waals surface area contributed by atoms with Crippen LogP contribution in [-0.4, -0.2) is 24.6 Å². The summed E-state index contributed by atoms with van der Waals surface area (Å²) in [6.45, 7) is 1.83. The Bertz CT molecular complexity index is 1220. The van der Waals surface area contributed by atoms with Gasteiger partial charge in [0.05, 0.1) is 18.4 Å². The quantitative estimate of drug-likeness (QED) is 0.482. The minimum absolute atomic E-state index is 0.240. The van der Waals surface area contributed by atoms with Crippen LogP contribution in [0.5, 0.6) is 5.75 Å². The topological polar surface area (TPSA) is 92.9 Å². The fraction of sp³-hybridized carbons (Fsp3) is 0.208. The van der Waals surface area contributed by atoms with Crippen molar-refractivity contribution in [2.75, 3.05) is 12.4 Å². The molecule has 0 fully saturated rings.